The van der Waals surface area contributed by atoms with Crippen LogP contribution in [0.15, 0.2) is 29.3 Å². The highest BCUT2D eigenvalue weighted by Gasteiger charge is 2.27. The number of aryl methyl sites for hydroxylation is 2. The molecule has 148 valence electrons. The molecule has 0 aliphatic carbocycles. The Labute approximate surface area is 167 Å². The zero-order valence-electron chi connectivity index (χ0n) is 15.9. The van der Waals surface area contributed by atoms with Crippen LogP contribution < -0.4 is 4.90 Å². The van der Waals surface area contributed by atoms with Gasteiger partial charge in [0.25, 0.3) is 5.91 Å². The van der Waals surface area contributed by atoms with Gasteiger partial charge in [0.2, 0.25) is 0 Å². The van der Waals surface area contributed by atoms with Crippen LogP contribution in [0.2, 0.25) is 0 Å². The number of fused-ring (bicyclic) bond motifs is 1. The van der Waals surface area contributed by atoms with E-state index in [1.165, 1.54) is 17.6 Å². The molecule has 28 heavy (non-hydrogen) atoms. The fourth-order valence-corrected chi connectivity index (χ4v) is 5.39. The van der Waals surface area contributed by atoms with Crippen LogP contribution in [0.3, 0.4) is 0 Å². The Hall–Kier alpha value is -2.46. The third kappa shape index (κ3) is 3.26. The molecule has 0 spiro atoms. The summed E-state index contributed by atoms with van der Waals surface area (Å²) in [5, 5.41) is 4.94. The smallest absolute Gasteiger partial charge is 0.272 e. The van der Waals surface area contributed by atoms with E-state index in [0.29, 0.717) is 37.4 Å². The maximum Gasteiger partial charge on any atom is 0.272 e. The number of amides is 1. The van der Waals surface area contributed by atoms with Crippen molar-refractivity contribution in [2.75, 3.05) is 37.3 Å². The van der Waals surface area contributed by atoms with Crippen molar-refractivity contribution in [3.05, 3.63) is 35.7 Å². The molecule has 1 saturated heterocycles. The second-order valence-electron chi connectivity index (χ2n) is 6.95. The third-order valence-corrected chi connectivity index (χ3v) is 7.14. The molecule has 0 radical (unpaired) electrons. The Bertz CT molecular complexity index is 1140. The van der Waals surface area contributed by atoms with Crippen molar-refractivity contribution in [3.8, 4) is 0 Å². The molecule has 3 aromatic rings. The van der Waals surface area contributed by atoms with Crippen LogP contribution in [0.5, 0.6) is 0 Å². The minimum atomic E-state index is -3.34. The number of benzene rings is 1. The third-order valence-electron chi connectivity index (χ3n) is 4.93. The van der Waals surface area contributed by atoms with Crippen LogP contribution in [0.1, 0.15) is 16.1 Å². The Morgan fingerprint density at radius 3 is 2.50 bits per heavy atom. The van der Waals surface area contributed by atoms with Crippen LogP contribution in [0.4, 0.5) is 5.13 Å². The van der Waals surface area contributed by atoms with Crippen LogP contribution in [-0.4, -0.2) is 66.4 Å². The number of sulfone groups is 1. The zero-order valence-corrected chi connectivity index (χ0v) is 17.5. The van der Waals surface area contributed by atoms with Gasteiger partial charge in [-0.05, 0) is 24.6 Å². The predicted molar refractivity (Wildman–Crippen MR) is 109 cm³/mol. The van der Waals surface area contributed by atoms with E-state index in [4.69, 9.17) is 0 Å². The van der Waals surface area contributed by atoms with Gasteiger partial charge in [-0.25, -0.2) is 13.4 Å². The van der Waals surface area contributed by atoms with Crippen molar-refractivity contribution in [1.29, 1.82) is 0 Å². The van der Waals surface area contributed by atoms with E-state index in [1.54, 1.807) is 30.1 Å². The van der Waals surface area contributed by atoms with Gasteiger partial charge in [0.15, 0.2) is 15.0 Å². The molecule has 1 fully saturated rings. The monoisotopic (exact) mass is 419 g/mol. The molecule has 1 aliphatic heterocycles. The van der Waals surface area contributed by atoms with E-state index in [0.717, 1.165) is 15.4 Å². The minimum absolute atomic E-state index is 0.0131. The van der Waals surface area contributed by atoms with E-state index in [2.05, 4.69) is 15.0 Å². The minimum Gasteiger partial charge on any atom is -0.345 e. The molecule has 2 aromatic heterocycles. The Morgan fingerprint density at radius 1 is 1.18 bits per heavy atom. The predicted octanol–water partition coefficient (Wildman–Crippen LogP) is 1.70. The molecule has 8 nitrogen and oxygen atoms in total. The fraction of sp³-hybridized carbons (Fsp3) is 0.389. The first-order valence-corrected chi connectivity index (χ1v) is 11.6. The summed E-state index contributed by atoms with van der Waals surface area (Å²) < 4.78 is 26.5. The van der Waals surface area contributed by atoms with Gasteiger partial charge in [-0.1, -0.05) is 17.4 Å². The molecular weight excluding hydrogens is 398 g/mol. The number of aromatic nitrogens is 3. The Balaban J connectivity index is 1.54. The first-order valence-electron chi connectivity index (χ1n) is 8.88. The number of rotatable bonds is 3. The van der Waals surface area contributed by atoms with Crippen molar-refractivity contribution >= 4 is 42.4 Å². The molecule has 0 saturated carbocycles. The first kappa shape index (κ1) is 18.9. The summed E-state index contributed by atoms with van der Waals surface area (Å²) in [7, 11) is -1.56. The number of thiazole rings is 1. The Morgan fingerprint density at radius 2 is 1.89 bits per heavy atom. The van der Waals surface area contributed by atoms with Crippen LogP contribution in [-0.2, 0) is 16.9 Å². The number of hydrogen-bond donors (Lipinski definition) is 0. The molecule has 4 rings (SSSR count). The summed E-state index contributed by atoms with van der Waals surface area (Å²) in [6.45, 7) is 4.35. The van der Waals surface area contributed by atoms with Gasteiger partial charge in [0.05, 0.1) is 15.8 Å². The average molecular weight is 420 g/mol. The molecular formula is C18H21N5O3S2. The molecule has 0 unspecified atom stereocenters. The van der Waals surface area contributed by atoms with Crippen molar-refractivity contribution in [3.63, 3.8) is 0 Å². The van der Waals surface area contributed by atoms with Crippen LogP contribution in [0.25, 0.3) is 10.2 Å². The highest BCUT2D eigenvalue weighted by atomic mass is 32.2. The van der Waals surface area contributed by atoms with Crippen molar-refractivity contribution < 1.29 is 13.2 Å². The molecule has 3 heterocycles. The summed E-state index contributed by atoms with van der Waals surface area (Å²) in [5.41, 5.74) is 2.01. The number of anilines is 1. The van der Waals surface area contributed by atoms with Gasteiger partial charge >= 0.3 is 0 Å². The standard InChI is InChI=1S/C18H21N5O3S2/c1-12-11-19-21(2)16(12)17(24)22-7-9-23(10-8-22)18-20-15-13(27-18)5-4-6-14(15)28(3,25)26/h4-6,11H,7-10H2,1-3H3. The van der Waals surface area contributed by atoms with Gasteiger partial charge in [0, 0.05) is 39.5 Å². The highest BCUT2D eigenvalue weighted by molar-refractivity contribution is 7.91. The average Bonchev–Trinajstić information content (AvgIpc) is 3.23. The molecule has 0 atom stereocenters. The van der Waals surface area contributed by atoms with E-state index in [-0.39, 0.29) is 10.8 Å². The summed E-state index contributed by atoms with van der Waals surface area (Å²) in [6.07, 6.45) is 2.90. The maximum absolute atomic E-state index is 12.8. The second-order valence-corrected chi connectivity index (χ2v) is 9.94. The normalized spacial score (nSPS) is 15.4. The summed E-state index contributed by atoms with van der Waals surface area (Å²) in [4.78, 5) is 21.6. The van der Waals surface area contributed by atoms with E-state index >= 15 is 0 Å². The lowest BCUT2D eigenvalue weighted by molar-refractivity contribution is 0.0735. The topological polar surface area (TPSA) is 88.4 Å². The van der Waals surface area contributed by atoms with Crippen molar-refractivity contribution in [2.24, 2.45) is 7.05 Å². The molecule has 1 amide bonds. The zero-order chi connectivity index (χ0) is 20.1. The first-order chi connectivity index (χ1) is 13.3. The number of piperazine rings is 1. The van der Waals surface area contributed by atoms with Crippen molar-refractivity contribution in [1.82, 2.24) is 19.7 Å². The lowest BCUT2D eigenvalue weighted by atomic mass is 10.2. The number of nitrogens with zero attached hydrogens (tertiary/aromatic N) is 5. The van der Waals surface area contributed by atoms with Gasteiger partial charge in [-0.15, -0.1) is 0 Å². The number of carbonyl (C=O) groups excluding carboxylic acids is 1. The summed E-state index contributed by atoms with van der Waals surface area (Å²) in [5.74, 6) is -0.0131. The maximum atomic E-state index is 12.8. The number of hydrogen-bond acceptors (Lipinski definition) is 7. The lowest BCUT2D eigenvalue weighted by Gasteiger charge is -2.34. The molecule has 1 aromatic carbocycles. The molecule has 1 aliphatic rings. The molecule has 0 bridgehead atoms. The number of para-hydroxylation sites is 1. The van der Waals surface area contributed by atoms with Gasteiger partial charge < -0.3 is 9.80 Å². The van der Waals surface area contributed by atoms with Gasteiger partial charge in [0.1, 0.15) is 11.2 Å². The lowest BCUT2D eigenvalue weighted by Crippen LogP contribution is -2.49. The number of carbonyl (C=O) groups is 1. The summed E-state index contributed by atoms with van der Waals surface area (Å²) in [6, 6.07) is 5.22. The SMILES string of the molecule is Cc1cnn(C)c1C(=O)N1CCN(c2nc3c(S(C)(=O)=O)cccc3s2)CC1. The second kappa shape index (κ2) is 6.85. The fourth-order valence-electron chi connectivity index (χ4n) is 3.45. The van der Waals surface area contributed by atoms with Gasteiger partial charge in [-0.3, -0.25) is 9.48 Å². The molecule has 0 N–H and O–H groups in total. The summed E-state index contributed by atoms with van der Waals surface area (Å²) >= 11 is 1.48. The van der Waals surface area contributed by atoms with Crippen molar-refractivity contribution in [2.45, 2.75) is 11.8 Å². The van der Waals surface area contributed by atoms with E-state index < -0.39 is 9.84 Å². The van der Waals surface area contributed by atoms with E-state index in [1.807, 2.05) is 17.9 Å². The van der Waals surface area contributed by atoms with Gasteiger partial charge in [-0.2, -0.15) is 5.10 Å². The van der Waals surface area contributed by atoms with E-state index in [9.17, 15) is 13.2 Å². The molecule has 10 heteroatoms. The Kier molecular flexibility index (Phi) is 4.62. The van der Waals surface area contributed by atoms with Crippen LogP contribution in [0, 0.1) is 6.92 Å². The highest BCUT2D eigenvalue weighted by Crippen LogP contribution is 2.33. The largest absolute Gasteiger partial charge is 0.345 e. The quantitative estimate of drug-likeness (QED) is 0.642. The van der Waals surface area contributed by atoms with Crippen LogP contribution >= 0.6 is 11.3 Å².